The molecule has 1 aromatic heterocycles. The third-order valence-electron chi connectivity index (χ3n) is 3.55. The van der Waals surface area contributed by atoms with Crippen LogP contribution in [0, 0.1) is 11.3 Å². The van der Waals surface area contributed by atoms with Gasteiger partial charge in [-0.1, -0.05) is 0 Å². The topological polar surface area (TPSA) is 64.8 Å². The van der Waals surface area contributed by atoms with Crippen LogP contribution in [0.5, 0.6) is 0 Å². The van der Waals surface area contributed by atoms with E-state index in [4.69, 9.17) is 5.26 Å². The molecule has 2 fully saturated rings. The van der Waals surface area contributed by atoms with Gasteiger partial charge < -0.3 is 10.2 Å². The van der Waals surface area contributed by atoms with Crippen molar-refractivity contribution in [3.63, 3.8) is 0 Å². The predicted molar refractivity (Wildman–Crippen MR) is 63.6 cm³/mol. The molecule has 1 N–H and O–H groups in total. The van der Waals surface area contributed by atoms with E-state index >= 15 is 0 Å². The van der Waals surface area contributed by atoms with Crippen molar-refractivity contribution in [2.24, 2.45) is 0 Å². The molecular formula is C12H15N5. The number of hydrogen-bond donors (Lipinski definition) is 1. The summed E-state index contributed by atoms with van der Waals surface area (Å²) in [5.74, 6) is 0.781. The third kappa shape index (κ3) is 1.85. The maximum Gasteiger partial charge on any atom is 0.225 e. The maximum absolute atomic E-state index is 9.10. The number of piperazine rings is 1. The van der Waals surface area contributed by atoms with Crippen LogP contribution >= 0.6 is 0 Å². The van der Waals surface area contributed by atoms with E-state index in [1.807, 2.05) is 12.4 Å². The van der Waals surface area contributed by atoms with Crippen molar-refractivity contribution < 1.29 is 0 Å². The van der Waals surface area contributed by atoms with Crippen LogP contribution < -0.4 is 10.2 Å². The Morgan fingerprint density at radius 1 is 1.24 bits per heavy atom. The van der Waals surface area contributed by atoms with Gasteiger partial charge in [-0.25, -0.2) is 9.97 Å². The quantitative estimate of drug-likeness (QED) is 0.797. The molecule has 1 aliphatic carbocycles. The molecule has 5 nitrogen and oxygen atoms in total. The summed E-state index contributed by atoms with van der Waals surface area (Å²) in [4.78, 5) is 11.0. The molecule has 0 radical (unpaired) electrons. The second-order valence-electron chi connectivity index (χ2n) is 4.70. The fourth-order valence-corrected chi connectivity index (χ4v) is 2.19. The van der Waals surface area contributed by atoms with E-state index in [-0.39, 0.29) is 5.41 Å². The Balaban J connectivity index is 1.78. The number of nitrogens with one attached hydrogen (secondary N) is 1. The highest BCUT2D eigenvalue weighted by Crippen LogP contribution is 2.47. The first kappa shape index (κ1) is 10.5. The third-order valence-corrected chi connectivity index (χ3v) is 3.55. The maximum atomic E-state index is 9.10. The first-order valence-electron chi connectivity index (χ1n) is 6.03. The van der Waals surface area contributed by atoms with E-state index in [9.17, 15) is 0 Å². The van der Waals surface area contributed by atoms with Crippen LogP contribution in [0.3, 0.4) is 0 Å². The predicted octanol–water partition coefficient (Wildman–Crippen LogP) is 0.441. The molecule has 2 aliphatic rings. The first-order chi connectivity index (χ1) is 8.34. The van der Waals surface area contributed by atoms with Crippen molar-refractivity contribution in [1.29, 1.82) is 5.26 Å². The zero-order chi connectivity index (χ0) is 11.7. The zero-order valence-electron chi connectivity index (χ0n) is 9.69. The molecule has 0 bridgehead atoms. The van der Waals surface area contributed by atoms with Crippen LogP contribution in [0.2, 0.25) is 0 Å². The van der Waals surface area contributed by atoms with Crippen molar-refractivity contribution in [2.75, 3.05) is 31.1 Å². The van der Waals surface area contributed by atoms with Gasteiger partial charge in [-0.15, -0.1) is 0 Å². The van der Waals surface area contributed by atoms with Crippen molar-refractivity contribution in [2.45, 2.75) is 18.3 Å². The Bertz CT molecular complexity index is 437. The molecular weight excluding hydrogens is 214 g/mol. The highest BCUT2D eigenvalue weighted by molar-refractivity contribution is 5.39. The van der Waals surface area contributed by atoms with E-state index in [2.05, 4.69) is 26.3 Å². The molecule has 1 saturated carbocycles. The average Bonchev–Trinajstić information content (AvgIpc) is 3.21. The van der Waals surface area contributed by atoms with Crippen LogP contribution in [0.1, 0.15) is 18.4 Å². The van der Waals surface area contributed by atoms with E-state index in [1.165, 1.54) is 0 Å². The molecule has 5 heteroatoms. The van der Waals surface area contributed by atoms with Gasteiger partial charge in [0, 0.05) is 44.1 Å². The lowest BCUT2D eigenvalue weighted by atomic mass is 10.0. The molecule has 17 heavy (non-hydrogen) atoms. The van der Waals surface area contributed by atoms with Crippen LogP contribution in [0.4, 0.5) is 5.95 Å². The lowest BCUT2D eigenvalue weighted by molar-refractivity contribution is 0.579. The van der Waals surface area contributed by atoms with Crippen molar-refractivity contribution >= 4 is 5.95 Å². The number of anilines is 1. The first-order valence-corrected chi connectivity index (χ1v) is 6.03. The number of rotatable bonds is 2. The van der Waals surface area contributed by atoms with Crippen LogP contribution in [0.25, 0.3) is 0 Å². The average molecular weight is 229 g/mol. The van der Waals surface area contributed by atoms with Crippen molar-refractivity contribution in [1.82, 2.24) is 15.3 Å². The summed E-state index contributed by atoms with van der Waals surface area (Å²) in [5, 5.41) is 12.4. The van der Waals surface area contributed by atoms with Crippen molar-refractivity contribution in [3.8, 4) is 6.07 Å². The molecule has 2 heterocycles. The normalized spacial score (nSPS) is 21.9. The van der Waals surface area contributed by atoms with E-state index in [0.29, 0.717) is 0 Å². The van der Waals surface area contributed by atoms with Gasteiger partial charge in [0.25, 0.3) is 0 Å². The summed E-state index contributed by atoms with van der Waals surface area (Å²) in [5.41, 5.74) is 0.695. The number of aromatic nitrogens is 2. The monoisotopic (exact) mass is 229 g/mol. The number of nitriles is 1. The van der Waals surface area contributed by atoms with Gasteiger partial charge in [0.05, 0.1) is 11.5 Å². The Morgan fingerprint density at radius 2 is 1.88 bits per heavy atom. The molecule has 3 rings (SSSR count). The zero-order valence-corrected chi connectivity index (χ0v) is 9.69. The summed E-state index contributed by atoms with van der Waals surface area (Å²) in [6, 6.07) is 2.36. The summed E-state index contributed by atoms with van der Waals surface area (Å²) >= 11 is 0. The minimum absolute atomic E-state index is 0.276. The van der Waals surface area contributed by atoms with E-state index in [1.54, 1.807) is 0 Å². The molecule has 0 unspecified atom stereocenters. The molecule has 0 aromatic carbocycles. The van der Waals surface area contributed by atoms with E-state index < -0.39 is 0 Å². The molecule has 0 spiro atoms. The summed E-state index contributed by atoms with van der Waals surface area (Å²) in [7, 11) is 0. The fourth-order valence-electron chi connectivity index (χ4n) is 2.19. The highest BCUT2D eigenvalue weighted by atomic mass is 15.3. The smallest absolute Gasteiger partial charge is 0.225 e. The number of nitrogens with zero attached hydrogens (tertiary/aromatic N) is 4. The van der Waals surface area contributed by atoms with Crippen molar-refractivity contribution in [3.05, 3.63) is 18.0 Å². The van der Waals surface area contributed by atoms with Gasteiger partial charge in [-0.2, -0.15) is 5.26 Å². The largest absolute Gasteiger partial charge is 0.338 e. The van der Waals surface area contributed by atoms with Crippen LogP contribution in [0.15, 0.2) is 12.4 Å². The SMILES string of the molecule is N#CC1(c2cnc(N3CCNCC3)nc2)CC1. The molecule has 1 aromatic rings. The minimum Gasteiger partial charge on any atom is -0.338 e. The lowest BCUT2D eigenvalue weighted by Gasteiger charge is -2.27. The summed E-state index contributed by atoms with van der Waals surface area (Å²) in [6.07, 6.45) is 5.53. The second-order valence-corrected chi connectivity index (χ2v) is 4.70. The summed E-state index contributed by atoms with van der Waals surface area (Å²) in [6.45, 7) is 3.85. The Morgan fingerprint density at radius 3 is 2.41 bits per heavy atom. The Hall–Kier alpha value is -1.67. The Labute approximate surface area is 100 Å². The number of hydrogen-bond acceptors (Lipinski definition) is 5. The van der Waals surface area contributed by atoms with Gasteiger partial charge in [0.1, 0.15) is 0 Å². The van der Waals surface area contributed by atoms with Gasteiger partial charge in [0.15, 0.2) is 0 Å². The Kier molecular flexibility index (Phi) is 2.45. The van der Waals surface area contributed by atoms with Gasteiger partial charge in [0.2, 0.25) is 5.95 Å². The highest BCUT2D eigenvalue weighted by Gasteiger charge is 2.45. The fraction of sp³-hybridized carbons (Fsp3) is 0.583. The molecule has 0 amide bonds. The lowest BCUT2D eigenvalue weighted by Crippen LogP contribution is -2.44. The molecule has 1 aliphatic heterocycles. The molecule has 1 saturated heterocycles. The second kappa shape index (κ2) is 3.97. The standard InChI is InChI=1S/C12H15N5/c13-9-12(1-2-12)10-7-15-11(16-8-10)17-5-3-14-4-6-17/h7-8,14H,1-6H2. The minimum atomic E-state index is -0.276. The van der Waals surface area contributed by atoms with Crippen LogP contribution in [-0.4, -0.2) is 36.1 Å². The van der Waals surface area contributed by atoms with E-state index in [0.717, 1.165) is 50.5 Å². The molecule has 88 valence electrons. The van der Waals surface area contributed by atoms with Gasteiger partial charge >= 0.3 is 0 Å². The summed E-state index contributed by atoms with van der Waals surface area (Å²) < 4.78 is 0. The van der Waals surface area contributed by atoms with Gasteiger partial charge in [-0.05, 0) is 12.8 Å². The molecule has 0 atom stereocenters. The van der Waals surface area contributed by atoms with Gasteiger partial charge in [-0.3, -0.25) is 0 Å². The van der Waals surface area contributed by atoms with Crippen LogP contribution in [-0.2, 0) is 5.41 Å².